The molecule has 0 aromatic heterocycles. The highest BCUT2D eigenvalue weighted by Crippen LogP contribution is 2.09. The molecule has 70 valence electrons. The third-order valence-corrected chi connectivity index (χ3v) is 2.08. The van der Waals surface area contributed by atoms with Gasteiger partial charge in [0.2, 0.25) is 5.91 Å². The number of rotatable bonds is 4. The molecule has 0 aromatic rings. The lowest BCUT2D eigenvalue weighted by molar-refractivity contribution is -0.127. The van der Waals surface area contributed by atoms with Gasteiger partial charge in [-0.3, -0.25) is 4.79 Å². The van der Waals surface area contributed by atoms with Crippen LogP contribution >= 0.6 is 0 Å². The quantitative estimate of drug-likeness (QED) is 0.552. The maximum atomic E-state index is 11.2. The highest BCUT2D eigenvalue weighted by Gasteiger charge is 2.25. The summed E-state index contributed by atoms with van der Waals surface area (Å²) < 4.78 is 0. The maximum Gasteiger partial charge on any atom is 0.224 e. The highest BCUT2D eigenvalue weighted by molar-refractivity contribution is 5.79. The van der Waals surface area contributed by atoms with E-state index in [2.05, 4.69) is 0 Å². The molecule has 1 saturated heterocycles. The fourth-order valence-corrected chi connectivity index (χ4v) is 1.43. The van der Waals surface area contributed by atoms with Crippen LogP contribution in [-0.2, 0) is 4.79 Å². The molecule has 0 saturated carbocycles. The highest BCUT2D eigenvalue weighted by atomic mass is 16.2. The van der Waals surface area contributed by atoms with Crippen LogP contribution in [0, 0.1) is 0 Å². The smallest absolute Gasteiger partial charge is 0.224 e. The number of nitrogens with zero attached hydrogens (tertiary/aromatic N) is 1. The van der Waals surface area contributed by atoms with Gasteiger partial charge in [-0.2, -0.15) is 0 Å². The van der Waals surface area contributed by atoms with Gasteiger partial charge in [0.25, 0.3) is 0 Å². The van der Waals surface area contributed by atoms with Gasteiger partial charge in [0.15, 0.2) is 0 Å². The second kappa shape index (κ2) is 4.42. The van der Waals surface area contributed by atoms with E-state index in [-0.39, 0.29) is 18.6 Å². The number of hydrogen-bond acceptors (Lipinski definition) is 3. The van der Waals surface area contributed by atoms with E-state index in [1.54, 1.807) is 4.90 Å². The summed E-state index contributed by atoms with van der Waals surface area (Å²) in [6.07, 6.45) is 2.12. The van der Waals surface area contributed by atoms with Crippen LogP contribution in [0.5, 0.6) is 0 Å². The number of amides is 1. The number of carbonyl (C=O) groups excluding carboxylic acids is 1. The lowest BCUT2D eigenvalue weighted by atomic mass is 10.3. The molecule has 1 aliphatic heterocycles. The molecule has 0 aromatic carbocycles. The second-order valence-corrected chi connectivity index (χ2v) is 3.23. The molecule has 1 amide bonds. The minimum absolute atomic E-state index is 0.0200. The Bertz CT molecular complexity index is 161. The standard InChI is InChI=1S/C8H16N2O2/c9-7-5-8(12)10(6-7)3-1-2-4-11/h7,11H,1-6,9H2. The van der Waals surface area contributed by atoms with E-state index in [1.807, 2.05) is 0 Å². The third kappa shape index (κ3) is 2.46. The number of aliphatic hydroxyl groups is 1. The lowest BCUT2D eigenvalue weighted by Crippen LogP contribution is -2.29. The Hall–Kier alpha value is -0.610. The Morgan fingerprint density at radius 1 is 1.58 bits per heavy atom. The topological polar surface area (TPSA) is 66.6 Å². The number of carbonyl (C=O) groups is 1. The number of likely N-dealkylation sites (tertiary alicyclic amines) is 1. The third-order valence-electron chi connectivity index (χ3n) is 2.08. The average molecular weight is 172 g/mol. The van der Waals surface area contributed by atoms with E-state index in [4.69, 9.17) is 10.8 Å². The van der Waals surface area contributed by atoms with Crippen molar-refractivity contribution in [1.82, 2.24) is 4.90 Å². The Kier molecular flexibility index (Phi) is 3.49. The molecular weight excluding hydrogens is 156 g/mol. The zero-order valence-electron chi connectivity index (χ0n) is 7.20. The van der Waals surface area contributed by atoms with E-state index in [1.165, 1.54) is 0 Å². The Balaban J connectivity index is 2.19. The van der Waals surface area contributed by atoms with Crippen LogP contribution in [0.1, 0.15) is 19.3 Å². The number of aliphatic hydroxyl groups excluding tert-OH is 1. The summed E-state index contributed by atoms with van der Waals surface area (Å²) in [5.74, 6) is 0.153. The van der Waals surface area contributed by atoms with Crippen LogP contribution in [0.4, 0.5) is 0 Å². The molecule has 12 heavy (non-hydrogen) atoms. The van der Waals surface area contributed by atoms with Crippen molar-refractivity contribution in [3.63, 3.8) is 0 Å². The summed E-state index contributed by atoms with van der Waals surface area (Å²) in [5, 5.41) is 8.53. The average Bonchev–Trinajstić information content (AvgIpc) is 2.31. The summed E-state index contributed by atoms with van der Waals surface area (Å²) in [6.45, 7) is 1.63. The van der Waals surface area contributed by atoms with Gasteiger partial charge in [-0.05, 0) is 12.8 Å². The predicted molar refractivity (Wildman–Crippen MR) is 45.5 cm³/mol. The minimum Gasteiger partial charge on any atom is -0.396 e. The van der Waals surface area contributed by atoms with Gasteiger partial charge >= 0.3 is 0 Å². The molecule has 1 atom stereocenters. The molecule has 0 bridgehead atoms. The van der Waals surface area contributed by atoms with Crippen LogP contribution in [0.15, 0.2) is 0 Å². The van der Waals surface area contributed by atoms with Crippen LogP contribution in [0.2, 0.25) is 0 Å². The Morgan fingerprint density at radius 3 is 2.83 bits per heavy atom. The molecule has 3 N–H and O–H groups in total. The predicted octanol–water partition coefficient (Wildman–Crippen LogP) is -0.682. The van der Waals surface area contributed by atoms with Crippen molar-refractivity contribution < 1.29 is 9.90 Å². The summed E-state index contributed by atoms with van der Waals surface area (Å²) in [7, 11) is 0. The molecule has 0 aliphatic carbocycles. The molecular formula is C8H16N2O2. The van der Waals surface area contributed by atoms with Gasteiger partial charge in [0.05, 0.1) is 0 Å². The summed E-state index contributed by atoms with van der Waals surface area (Å²) in [6, 6.07) is 0.0200. The van der Waals surface area contributed by atoms with Gasteiger partial charge in [-0.1, -0.05) is 0 Å². The first kappa shape index (κ1) is 9.48. The molecule has 4 heteroatoms. The SMILES string of the molecule is NC1CC(=O)N(CCCCO)C1. The normalized spacial score (nSPS) is 23.7. The monoisotopic (exact) mass is 172 g/mol. The van der Waals surface area contributed by atoms with Crippen LogP contribution in [0.3, 0.4) is 0 Å². The minimum atomic E-state index is 0.0200. The molecule has 1 unspecified atom stereocenters. The van der Waals surface area contributed by atoms with E-state index >= 15 is 0 Å². The first-order chi connectivity index (χ1) is 5.74. The largest absolute Gasteiger partial charge is 0.396 e. The van der Waals surface area contributed by atoms with E-state index in [0.717, 1.165) is 19.4 Å². The van der Waals surface area contributed by atoms with E-state index < -0.39 is 0 Å². The van der Waals surface area contributed by atoms with E-state index in [9.17, 15) is 4.79 Å². The zero-order chi connectivity index (χ0) is 8.97. The van der Waals surface area contributed by atoms with Gasteiger partial charge in [-0.15, -0.1) is 0 Å². The first-order valence-electron chi connectivity index (χ1n) is 4.38. The van der Waals surface area contributed by atoms with Gasteiger partial charge in [0.1, 0.15) is 0 Å². The van der Waals surface area contributed by atoms with Crippen LogP contribution in [-0.4, -0.2) is 41.7 Å². The lowest BCUT2D eigenvalue weighted by Gasteiger charge is -2.14. The Labute approximate surface area is 72.3 Å². The molecule has 4 nitrogen and oxygen atoms in total. The van der Waals surface area contributed by atoms with Crippen LogP contribution in [0.25, 0.3) is 0 Å². The van der Waals surface area contributed by atoms with Gasteiger partial charge in [-0.25, -0.2) is 0 Å². The van der Waals surface area contributed by atoms with Crippen molar-refractivity contribution in [2.45, 2.75) is 25.3 Å². The number of nitrogens with two attached hydrogens (primary N) is 1. The molecule has 1 rings (SSSR count). The first-order valence-corrected chi connectivity index (χ1v) is 4.38. The summed E-state index contributed by atoms with van der Waals surface area (Å²) in [5.41, 5.74) is 5.61. The Morgan fingerprint density at radius 2 is 2.33 bits per heavy atom. The maximum absolute atomic E-state index is 11.2. The molecule has 1 heterocycles. The van der Waals surface area contributed by atoms with Crippen molar-refractivity contribution in [3.05, 3.63) is 0 Å². The summed E-state index contributed by atoms with van der Waals surface area (Å²) >= 11 is 0. The molecule has 1 fully saturated rings. The van der Waals surface area contributed by atoms with Crippen molar-refractivity contribution in [3.8, 4) is 0 Å². The van der Waals surface area contributed by atoms with E-state index in [0.29, 0.717) is 13.0 Å². The van der Waals surface area contributed by atoms with Gasteiger partial charge < -0.3 is 15.7 Å². The molecule has 1 aliphatic rings. The van der Waals surface area contributed by atoms with Crippen molar-refractivity contribution >= 4 is 5.91 Å². The number of hydrogen-bond donors (Lipinski definition) is 2. The fourth-order valence-electron chi connectivity index (χ4n) is 1.43. The van der Waals surface area contributed by atoms with Crippen molar-refractivity contribution in [1.29, 1.82) is 0 Å². The summed E-state index contributed by atoms with van der Waals surface area (Å²) in [4.78, 5) is 12.9. The number of unbranched alkanes of at least 4 members (excludes halogenated alkanes) is 1. The molecule has 0 spiro atoms. The zero-order valence-corrected chi connectivity index (χ0v) is 7.20. The van der Waals surface area contributed by atoms with Gasteiger partial charge in [0, 0.05) is 32.2 Å². The van der Waals surface area contributed by atoms with Crippen molar-refractivity contribution in [2.24, 2.45) is 5.73 Å². The van der Waals surface area contributed by atoms with Crippen molar-refractivity contribution in [2.75, 3.05) is 19.7 Å². The fraction of sp³-hybridized carbons (Fsp3) is 0.875. The van der Waals surface area contributed by atoms with Crippen LogP contribution < -0.4 is 5.73 Å². The molecule has 0 radical (unpaired) electrons. The second-order valence-electron chi connectivity index (χ2n) is 3.23.